The zero-order valence-corrected chi connectivity index (χ0v) is 71.3. The van der Waals surface area contributed by atoms with Crippen LogP contribution in [0.25, 0.3) is 232 Å². The zero-order valence-electron chi connectivity index (χ0n) is 71.3. The average molecular weight is 1650 g/mol. The Morgan fingerprint density at radius 1 is 0.0846 bits per heavy atom. The van der Waals surface area contributed by atoms with Gasteiger partial charge in [0.05, 0.1) is 44.1 Å². The fourth-order valence-electron chi connectivity index (χ4n) is 19.8. The minimum absolute atomic E-state index is 1.15. The molecule has 0 radical (unpaired) electrons. The van der Waals surface area contributed by atoms with Gasteiger partial charge in [-0.3, -0.25) is 0 Å². The monoisotopic (exact) mass is 1650 g/mol. The number of nitrogens with zero attached hydrogens (tertiary/aromatic N) is 4. The predicted molar refractivity (Wildman–Crippen MR) is 550 cm³/mol. The fraction of sp³-hybridized carbons (Fsp3) is 0. The maximum atomic E-state index is 2.40. The second kappa shape index (κ2) is 32.7. The molecule has 0 unspecified atom stereocenters. The van der Waals surface area contributed by atoms with Crippen molar-refractivity contribution in [2.24, 2.45) is 0 Å². The van der Waals surface area contributed by atoms with Crippen molar-refractivity contribution in [2.45, 2.75) is 0 Å². The number of para-hydroxylation sites is 5. The molecule has 608 valence electrons. The van der Waals surface area contributed by atoms with E-state index in [2.05, 4.69) is 528 Å². The van der Waals surface area contributed by atoms with E-state index in [1.54, 1.807) is 0 Å². The van der Waals surface area contributed by atoms with Crippen LogP contribution in [0.3, 0.4) is 0 Å². The van der Waals surface area contributed by atoms with Crippen molar-refractivity contribution in [2.75, 3.05) is 0 Å². The molecule has 4 heterocycles. The maximum Gasteiger partial charge on any atom is 0.0541 e. The molecule has 0 spiro atoms. The SMILES string of the molecule is c1ccc(-c2cc(-c3ccccc3)cc(-c3ccc4c(c3)c3cc(-c5ccc(-c6ccc7c(c6)c6ccccc6n7-c6ccccc6)cc5)ccc3n4-c3ccccc3)c2)cc1.c1ccc(-c2cccc(-c3ccc4c(c3)c3cc(-c5ccc(-c6ccc7c(c6)c6cc(-c8cccc(-c9ccccc9)c8)ccc6n7-c6ccccc6)cc5)ccc3n4-c3ccccc3)c2)cc1. The summed E-state index contributed by atoms with van der Waals surface area (Å²) in [6.07, 6.45) is 0. The van der Waals surface area contributed by atoms with Crippen molar-refractivity contribution in [3.05, 3.63) is 510 Å². The number of rotatable bonds is 15. The van der Waals surface area contributed by atoms with Gasteiger partial charge in [-0.25, -0.2) is 0 Å². The third-order valence-corrected chi connectivity index (χ3v) is 26.2. The van der Waals surface area contributed by atoms with Crippen LogP contribution in [0.1, 0.15) is 0 Å². The van der Waals surface area contributed by atoms with Gasteiger partial charge in [0.25, 0.3) is 0 Å². The molecule has 4 heteroatoms. The lowest BCUT2D eigenvalue weighted by molar-refractivity contribution is 1.18. The molecular weight excluding hydrogens is 1570 g/mol. The minimum atomic E-state index is 1.15. The van der Waals surface area contributed by atoms with Gasteiger partial charge in [-0.2, -0.15) is 0 Å². The van der Waals surface area contributed by atoms with E-state index in [0.717, 1.165) is 17.1 Å². The predicted octanol–water partition coefficient (Wildman–Crippen LogP) is 34.1. The first-order chi connectivity index (χ1) is 64.4. The van der Waals surface area contributed by atoms with Gasteiger partial charge in [0.2, 0.25) is 0 Å². The van der Waals surface area contributed by atoms with Crippen LogP contribution in [0, 0.1) is 0 Å². The molecule has 21 aromatic carbocycles. The maximum absolute atomic E-state index is 2.40. The van der Waals surface area contributed by atoms with Crippen molar-refractivity contribution in [3.63, 3.8) is 0 Å². The van der Waals surface area contributed by atoms with Crippen molar-refractivity contribution in [3.8, 4) is 145 Å². The quantitative estimate of drug-likeness (QED) is 0.0975. The van der Waals surface area contributed by atoms with E-state index in [1.807, 2.05) is 0 Å². The van der Waals surface area contributed by atoms with E-state index in [0.29, 0.717) is 0 Å². The summed E-state index contributed by atoms with van der Waals surface area (Å²) in [4.78, 5) is 0. The summed E-state index contributed by atoms with van der Waals surface area (Å²) in [5.41, 5.74) is 40.7. The van der Waals surface area contributed by atoms with Gasteiger partial charge < -0.3 is 18.3 Å². The first kappa shape index (κ1) is 76.5. The second-order valence-corrected chi connectivity index (χ2v) is 33.9. The van der Waals surface area contributed by atoms with E-state index in [-0.39, 0.29) is 0 Å². The third-order valence-electron chi connectivity index (χ3n) is 26.2. The molecule has 4 nitrogen and oxygen atoms in total. The third kappa shape index (κ3) is 14.0. The molecule has 0 aliphatic heterocycles. The van der Waals surface area contributed by atoms with Gasteiger partial charge in [0.15, 0.2) is 0 Å². The summed E-state index contributed by atoms with van der Waals surface area (Å²) >= 11 is 0. The molecule has 25 rings (SSSR count). The van der Waals surface area contributed by atoms with Crippen molar-refractivity contribution in [1.82, 2.24) is 18.3 Å². The van der Waals surface area contributed by atoms with Crippen molar-refractivity contribution < 1.29 is 0 Å². The van der Waals surface area contributed by atoms with Gasteiger partial charge >= 0.3 is 0 Å². The molecule has 0 N–H and O–H groups in total. The van der Waals surface area contributed by atoms with Crippen LogP contribution < -0.4 is 0 Å². The molecule has 0 saturated carbocycles. The summed E-state index contributed by atoms with van der Waals surface area (Å²) in [5, 5.41) is 9.92. The normalized spacial score (nSPS) is 11.5. The highest BCUT2D eigenvalue weighted by Gasteiger charge is 2.22. The molecule has 25 aromatic rings. The van der Waals surface area contributed by atoms with E-state index < -0.39 is 0 Å². The zero-order chi connectivity index (χ0) is 86.0. The van der Waals surface area contributed by atoms with E-state index in [9.17, 15) is 0 Å². The fourth-order valence-corrected chi connectivity index (χ4v) is 19.8. The van der Waals surface area contributed by atoms with Crippen LogP contribution in [0.5, 0.6) is 0 Å². The minimum Gasteiger partial charge on any atom is -0.309 e. The summed E-state index contributed by atoms with van der Waals surface area (Å²) in [7, 11) is 0. The smallest absolute Gasteiger partial charge is 0.0541 e. The van der Waals surface area contributed by atoms with E-state index in [1.165, 1.54) is 215 Å². The van der Waals surface area contributed by atoms with Gasteiger partial charge in [-0.05, 0) is 292 Å². The standard InChI is InChI=1S/C66H44N2.C60H40N2/c1-5-15-45(16-6-1)49-19-13-21-51(39-49)55-33-37-65-61(43-55)59-41-53(31-35-63(59)67(65)57-23-9-3-10-24-57)47-27-29-48(30-28-47)54-32-36-64-60(42-54)62-44-56(34-38-66(62)68(64)58-25-11-4-12-26-58)52-22-14-20-50(40-52)46-17-7-2-8-18-46;1-5-15-41(16-6-1)48-35-49(42-17-7-2-8-18-42)37-50(36-48)47-31-34-60-56(40-47)55-39-46(30-33-59(55)62(60)52-21-11-4-12-22-52)44-27-25-43(26-28-44)45-29-32-58-54(38-45)53-23-13-14-24-57(53)61(58)51-19-9-3-10-20-51/h1-44H;1-40H. The number of aromatic nitrogens is 4. The van der Waals surface area contributed by atoms with Crippen molar-refractivity contribution in [1.29, 1.82) is 0 Å². The Kier molecular flexibility index (Phi) is 19.3. The summed E-state index contributed by atoms with van der Waals surface area (Å²) in [6.45, 7) is 0. The molecule has 0 aliphatic carbocycles. The number of fused-ring (bicyclic) bond motifs is 12. The lowest BCUT2D eigenvalue weighted by Crippen LogP contribution is -1.93. The molecule has 130 heavy (non-hydrogen) atoms. The number of hydrogen-bond donors (Lipinski definition) is 0. The molecular formula is C126H84N4. The Morgan fingerprint density at radius 3 is 0.492 bits per heavy atom. The lowest BCUT2D eigenvalue weighted by Gasteiger charge is -2.12. The molecule has 0 bridgehead atoms. The lowest BCUT2D eigenvalue weighted by atomic mass is 9.92. The average Bonchev–Trinajstić information content (AvgIpc) is 1.58. The van der Waals surface area contributed by atoms with Gasteiger partial charge in [-0.1, -0.05) is 340 Å². The van der Waals surface area contributed by atoms with Crippen LogP contribution in [0.2, 0.25) is 0 Å². The molecule has 4 aromatic heterocycles. The number of hydrogen-bond acceptors (Lipinski definition) is 0. The summed E-state index contributed by atoms with van der Waals surface area (Å²) in [5.74, 6) is 0. The first-order valence-electron chi connectivity index (χ1n) is 44.7. The Bertz CT molecular complexity index is 8250. The van der Waals surface area contributed by atoms with E-state index in [4.69, 9.17) is 0 Å². The molecule has 0 saturated heterocycles. The molecule has 0 amide bonds. The largest absolute Gasteiger partial charge is 0.309 e. The Hall–Kier alpha value is -17.2. The number of benzene rings is 21. The summed E-state index contributed by atoms with van der Waals surface area (Å²) < 4.78 is 9.58. The molecule has 0 fully saturated rings. The first-order valence-corrected chi connectivity index (χ1v) is 44.7. The van der Waals surface area contributed by atoms with Crippen LogP contribution in [0.15, 0.2) is 510 Å². The van der Waals surface area contributed by atoms with Gasteiger partial charge in [0.1, 0.15) is 0 Å². The Labute approximate surface area is 754 Å². The second-order valence-electron chi connectivity index (χ2n) is 33.9. The highest BCUT2D eigenvalue weighted by molar-refractivity contribution is 6.16. The van der Waals surface area contributed by atoms with Crippen LogP contribution in [-0.4, -0.2) is 18.3 Å². The van der Waals surface area contributed by atoms with E-state index >= 15 is 0 Å². The Morgan fingerprint density at radius 2 is 0.231 bits per heavy atom. The Balaban J connectivity index is 0.000000145. The topological polar surface area (TPSA) is 19.7 Å². The van der Waals surface area contributed by atoms with Crippen LogP contribution in [-0.2, 0) is 0 Å². The molecule has 0 atom stereocenters. The highest BCUT2D eigenvalue weighted by Crippen LogP contribution is 2.45. The van der Waals surface area contributed by atoms with Crippen LogP contribution in [0.4, 0.5) is 0 Å². The summed E-state index contributed by atoms with van der Waals surface area (Å²) in [6, 6.07) is 186. The van der Waals surface area contributed by atoms with Crippen molar-refractivity contribution >= 4 is 87.2 Å². The van der Waals surface area contributed by atoms with Crippen LogP contribution >= 0.6 is 0 Å². The van der Waals surface area contributed by atoms with Gasteiger partial charge in [-0.15, -0.1) is 0 Å². The molecule has 0 aliphatic rings. The highest BCUT2D eigenvalue weighted by atomic mass is 15.0. The van der Waals surface area contributed by atoms with Gasteiger partial charge in [0, 0.05) is 65.8 Å².